The van der Waals surface area contributed by atoms with Gasteiger partial charge in [-0.3, -0.25) is 10.1 Å². The Morgan fingerprint density at radius 3 is 2.40 bits per heavy atom. The number of amides is 2. The first-order valence-electron chi connectivity index (χ1n) is 15.1. The Hall–Kier alpha value is -5.04. The van der Waals surface area contributed by atoms with Crippen molar-refractivity contribution in [3.63, 3.8) is 0 Å². The summed E-state index contributed by atoms with van der Waals surface area (Å²) >= 11 is 0. The number of pyridine rings is 1. The van der Waals surface area contributed by atoms with Crippen LogP contribution in [0.25, 0.3) is 10.8 Å². The van der Waals surface area contributed by atoms with Crippen LogP contribution in [0, 0.1) is 0 Å². The summed E-state index contributed by atoms with van der Waals surface area (Å²) in [6, 6.07) is 15.8. The van der Waals surface area contributed by atoms with Gasteiger partial charge in [-0.25, -0.2) is 18.2 Å². The molecule has 0 spiro atoms. The van der Waals surface area contributed by atoms with E-state index in [-0.39, 0.29) is 10.8 Å². The quantitative estimate of drug-likeness (QED) is 0.192. The second-order valence-corrected chi connectivity index (χ2v) is 13.9. The number of carbonyl (C=O) groups excluding carboxylic acids is 2. The van der Waals surface area contributed by atoms with E-state index < -0.39 is 33.3 Å². The lowest BCUT2D eigenvalue weighted by Gasteiger charge is -2.32. The van der Waals surface area contributed by atoms with Gasteiger partial charge < -0.3 is 30.2 Å². The Balaban J connectivity index is 1.60. The number of fused-ring (bicyclic) bond motifs is 1. The Labute approximate surface area is 274 Å². The van der Waals surface area contributed by atoms with E-state index in [2.05, 4.69) is 15.6 Å². The molecule has 0 saturated carbocycles. The first-order valence-corrected chi connectivity index (χ1v) is 16.7. The maximum absolute atomic E-state index is 14.7. The van der Waals surface area contributed by atoms with Gasteiger partial charge in [0, 0.05) is 29.5 Å². The largest absolute Gasteiger partial charge is 0.493 e. The lowest BCUT2D eigenvalue weighted by Crippen LogP contribution is -2.38. The molecule has 0 bridgehead atoms. The fraction of sp³-hybridized carbons (Fsp3) is 0.324. The van der Waals surface area contributed by atoms with Crippen molar-refractivity contribution in [2.45, 2.75) is 48.9 Å². The molecule has 248 valence electrons. The Kier molecular flexibility index (Phi) is 9.75. The lowest BCUT2D eigenvalue weighted by molar-refractivity contribution is -0.133. The van der Waals surface area contributed by atoms with E-state index in [0.717, 1.165) is 10.8 Å². The summed E-state index contributed by atoms with van der Waals surface area (Å²) in [6.07, 6.45) is 2.10. The zero-order valence-corrected chi connectivity index (χ0v) is 27.8. The highest BCUT2D eigenvalue weighted by atomic mass is 32.2. The van der Waals surface area contributed by atoms with Gasteiger partial charge in [0.25, 0.3) is 0 Å². The molecule has 0 unspecified atom stereocenters. The van der Waals surface area contributed by atoms with Gasteiger partial charge in [-0.15, -0.1) is 0 Å². The average Bonchev–Trinajstić information content (AvgIpc) is 3.56. The molecular formula is C34H39N5O7S. The molecule has 2 heterocycles. The molecule has 0 aliphatic carbocycles. The number of hydrogen-bond donors (Lipinski definition) is 3. The number of sulfone groups is 1. The SMILES string of the molecule is COC(=O)Nc1ccc(S(=O)(=O)C(C)C)c([C@H]2CCCN2C(=O)[C@H](Nc2ccc3c(N)nccc3c2)c2ccc(OC)c(OC)c2)c1. The van der Waals surface area contributed by atoms with Crippen LogP contribution in [0.1, 0.15) is 49.9 Å². The normalized spacial score (nSPS) is 15.4. The van der Waals surface area contributed by atoms with E-state index in [1.54, 1.807) is 49.2 Å². The number of likely N-dealkylation sites (tertiary alicyclic amines) is 1. The lowest BCUT2D eigenvalue weighted by atomic mass is 10.00. The van der Waals surface area contributed by atoms with Crippen LogP contribution in [0.3, 0.4) is 0 Å². The van der Waals surface area contributed by atoms with Crippen LogP contribution in [0.5, 0.6) is 11.5 Å². The maximum atomic E-state index is 14.7. The fourth-order valence-corrected chi connectivity index (χ4v) is 7.16. The molecular weight excluding hydrogens is 622 g/mol. The molecule has 1 aliphatic rings. The molecule has 1 fully saturated rings. The summed E-state index contributed by atoms with van der Waals surface area (Å²) in [7, 11) is 0.554. The molecule has 2 amide bonds. The number of methoxy groups -OCH3 is 3. The third-order valence-electron chi connectivity index (χ3n) is 8.36. The van der Waals surface area contributed by atoms with Gasteiger partial charge in [0.2, 0.25) is 5.91 Å². The predicted octanol–water partition coefficient (Wildman–Crippen LogP) is 5.71. The molecule has 3 aromatic carbocycles. The van der Waals surface area contributed by atoms with Crippen molar-refractivity contribution in [3.8, 4) is 11.5 Å². The molecule has 1 saturated heterocycles. The van der Waals surface area contributed by atoms with Crippen molar-refractivity contribution in [1.82, 2.24) is 9.88 Å². The second kappa shape index (κ2) is 13.8. The van der Waals surface area contributed by atoms with E-state index in [4.69, 9.17) is 19.9 Å². The van der Waals surface area contributed by atoms with E-state index in [9.17, 15) is 18.0 Å². The summed E-state index contributed by atoms with van der Waals surface area (Å²) in [5.41, 5.74) is 8.14. The number of nitrogens with two attached hydrogens (primary N) is 1. The number of nitrogens with zero attached hydrogens (tertiary/aromatic N) is 2. The van der Waals surface area contributed by atoms with Crippen LogP contribution in [0.15, 0.2) is 71.8 Å². The molecule has 1 aromatic heterocycles. The second-order valence-electron chi connectivity index (χ2n) is 11.5. The van der Waals surface area contributed by atoms with Crippen molar-refractivity contribution < 1.29 is 32.2 Å². The summed E-state index contributed by atoms with van der Waals surface area (Å²) < 4.78 is 42.9. The van der Waals surface area contributed by atoms with Crippen LogP contribution in [-0.4, -0.2) is 63.4 Å². The topological polar surface area (TPSA) is 162 Å². The Morgan fingerprint density at radius 2 is 1.70 bits per heavy atom. The van der Waals surface area contributed by atoms with Crippen molar-refractivity contribution in [2.75, 3.05) is 44.2 Å². The monoisotopic (exact) mass is 661 g/mol. The molecule has 1 aliphatic heterocycles. The number of benzene rings is 3. The highest BCUT2D eigenvalue weighted by Crippen LogP contribution is 2.41. The number of nitrogens with one attached hydrogen (secondary N) is 2. The van der Waals surface area contributed by atoms with Gasteiger partial charge in [0.15, 0.2) is 21.3 Å². The van der Waals surface area contributed by atoms with Gasteiger partial charge in [-0.2, -0.15) is 0 Å². The number of anilines is 3. The number of carbonyl (C=O) groups is 2. The summed E-state index contributed by atoms with van der Waals surface area (Å²) in [6.45, 7) is 3.62. The minimum Gasteiger partial charge on any atom is -0.493 e. The van der Waals surface area contributed by atoms with E-state index in [1.165, 1.54) is 33.5 Å². The van der Waals surface area contributed by atoms with Gasteiger partial charge in [-0.05, 0) is 97.8 Å². The van der Waals surface area contributed by atoms with E-state index in [0.29, 0.717) is 59.2 Å². The number of ether oxygens (including phenoxy) is 3. The third-order valence-corrected chi connectivity index (χ3v) is 10.6. The van der Waals surface area contributed by atoms with Gasteiger partial charge in [-0.1, -0.05) is 6.07 Å². The first-order chi connectivity index (χ1) is 22.5. The van der Waals surface area contributed by atoms with Crippen LogP contribution >= 0.6 is 0 Å². The predicted molar refractivity (Wildman–Crippen MR) is 181 cm³/mol. The van der Waals surface area contributed by atoms with Crippen LogP contribution in [0.4, 0.5) is 22.0 Å². The average molecular weight is 662 g/mol. The minimum atomic E-state index is -3.75. The minimum absolute atomic E-state index is 0.115. The molecule has 4 aromatic rings. The van der Waals surface area contributed by atoms with Crippen molar-refractivity contribution in [3.05, 3.63) is 78.0 Å². The molecule has 12 nitrogen and oxygen atoms in total. The zero-order valence-electron chi connectivity index (χ0n) is 26.9. The van der Waals surface area contributed by atoms with Crippen molar-refractivity contribution >= 4 is 49.8 Å². The van der Waals surface area contributed by atoms with Crippen LogP contribution < -0.4 is 25.8 Å². The van der Waals surface area contributed by atoms with E-state index >= 15 is 0 Å². The summed E-state index contributed by atoms with van der Waals surface area (Å²) in [5.74, 6) is 1.09. The number of aromatic nitrogens is 1. The number of nitrogen functional groups attached to an aromatic ring is 1. The highest BCUT2D eigenvalue weighted by Gasteiger charge is 2.38. The standard InChI is InChI=1S/C34H39N5O7S/c1-20(2)47(42,43)30-13-10-24(38-34(41)46-5)19-26(30)27-7-6-16-39(27)33(40)31(22-8-12-28(44-3)29(18-22)45-4)37-23-9-11-25-21(17-23)14-15-36-32(25)35/h8-15,17-20,27,31,37H,6-7,16H2,1-5H3,(H2,35,36)(H,38,41)/t27-,31-/m1/s1. The zero-order chi connectivity index (χ0) is 33.9. The van der Waals surface area contributed by atoms with Crippen molar-refractivity contribution in [2.24, 2.45) is 0 Å². The Morgan fingerprint density at radius 1 is 0.957 bits per heavy atom. The maximum Gasteiger partial charge on any atom is 0.411 e. The number of hydrogen-bond acceptors (Lipinski definition) is 10. The van der Waals surface area contributed by atoms with Crippen molar-refractivity contribution in [1.29, 1.82) is 0 Å². The molecule has 0 radical (unpaired) electrons. The molecule has 4 N–H and O–H groups in total. The van der Waals surface area contributed by atoms with Crippen LogP contribution in [-0.2, 0) is 19.4 Å². The molecule has 2 atom stereocenters. The fourth-order valence-electron chi connectivity index (χ4n) is 5.87. The highest BCUT2D eigenvalue weighted by molar-refractivity contribution is 7.92. The molecule has 5 rings (SSSR count). The van der Waals surface area contributed by atoms with E-state index in [1.807, 2.05) is 24.3 Å². The molecule has 13 heteroatoms. The first kappa shape index (κ1) is 33.3. The summed E-state index contributed by atoms with van der Waals surface area (Å²) in [5, 5.41) is 6.96. The van der Waals surface area contributed by atoms with Crippen LogP contribution in [0.2, 0.25) is 0 Å². The smallest absolute Gasteiger partial charge is 0.411 e. The summed E-state index contributed by atoms with van der Waals surface area (Å²) in [4.78, 5) is 32.7. The Bertz CT molecular complexity index is 1910. The van der Waals surface area contributed by atoms with Gasteiger partial charge >= 0.3 is 6.09 Å². The number of rotatable bonds is 10. The molecule has 47 heavy (non-hydrogen) atoms. The van der Waals surface area contributed by atoms with Gasteiger partial charge in [0.1, 0.15) is 11.9 Å². The van der Waals surface area contributed by atoms with Gasteiger partial charge in [0.05, 0.1) is 37.5 Å². The third kappa shape index (κ3) is 6.75.